The Balaban J connectivity index is 2.43. The molecule has 0 aliphatic rings. The summed E-state index contributed by atoms with van der Waals surface area (Å²) in [4.78, 5) is 7.49. The Morgan fingerprint density at radius 1 is 1.43 bits per heavy atom. The van der Waals surface area contributed by atoms with Crippen LogP contribution in [0.1, 0.15) is 12.0 Å². The topological polar surface area (TPSA) is 86.2 Å². The van der Waals surface area contributed by atoms with Gasteiger partial charge in [0.05, 0.1) is 23.7 Å². The molecule has 9 heteroatoms. The molecule has 0 amide bonds. The van der Waals surface area contributed by atoms with E-state index >= 15 is 0 Å². The fourth-order valence-electron chi connectivity index (χ4n) is 2.10. The zero-order valence-electron chi connectivity index (χ0n) is 11.3. The molecule has 0 radical (unpaired) electrons. The standard InChI is InChI=1S/C12H15F3N4O2/c1-21-7(5-20)2-3-19-4-8(12(13,14)15)9-10(16)17-6-18-11(9)19/h4,6-7,20H,2-3,5H2,1H3,(H2,16,17,18). The van der Waals surface area contributed by atoms with Crippen LogP contribution in [-0.2, 0) is 17.5 Å². The van der Waals surface area contributed by atoms with Gasteiger partial charge in [0.15, 0.2) is 0 Å². The predicted molar refractivity (Wildman–Crippen MR) is 69.4 cm³/mol. The number of aliphatic hydroxyl groups excluding tert-OH is 1. The number of nitrogen functional groups attached to an aromatic ring is 1. The molecular weight excluding hydrogens is 289 g/mol. The van der Waals surface area contributed by atoms with E-state index in [0.717, 1.165) is 12.5 Å². The zero-order valence-corrected chi connectivity index (χ0v) is 11.3. The second-order valence-corrected chi connectivity index (χ2v) is 4.52. The molecule has 0 aromatic carbocycles. The quantitative estimate of drug-likeness (QED) is 0.872. The van der Waals surface area contributed by atoms with Gasteiger partial charge in [-0.2, -0.15) is 13.2 Å². The fraction of sp³-hybridized carbons (Fsp3) is 0.500. The first-order valence-electron chi connectivity index (χ1n) is 6.18. The highest BCUT2D eigenvalue weighted by molar-refractivity contribution is 5.90. The highest BCUT2D eigenvalue weighted by Gasteiger charge is 2.36. The molecule has 3 N–H and O–H groups in total. The molecular formula is C12H15F3N4O2. The number of ether oxygens (including phenoxy) is 1. The van der Waals surface area contributed by atoms with Gasteiger partial charge >= 0.3 is 6.18 Å². The number of anilines is 1. The number of hydrogen-bond acceptors (Lipinski definition) is 5. The number of halogens is 3. The lowest BCUT2D eigenvalue weighted by Crippen LogP contribution is -2.18. The van der Waals surface area contributed by atoms with Crippen molar-refractivity contribution in [1.29, 1.82) is 0 Å². The normalized spacial score (nSPS) is 13.8. The number of aryl methyl sites for hydroxylation is 1. The van der Waals surface area contributed by atoms with Gasteiger partial charge in [-0.3, -0.25) is 0 Å². The van der Waals surface area contributed by atoms with Crippen molar-refractivity contribution in [3.63, 3.8) is 0 Å². The SMILES string of the molecule is COC(CO)CCn1cc(C(F)(F)F)c2c(N)ncnc21. The van der Waals surface area contributed by atoms with Crippen molar-refractivity contribution in [1.82, 2.24) is 14.5 Å². The van der Waals surface area contributed by atoms with Crippen LogP contribution in [0.25, 0.3) is 11.0 Å². The van der Waals surface area contributed by atoms with E-state index in [-0.39, 0.29) is 30.0 Å². The molecule has 0 saturated carbocycles. The first-order valence-corrected chi connectivity index (χ1v) is 6.18. The number of aromatic nitrogens is 3. The Morgan fingerprint density at radius 3 is 2.71 bits per heavy atom. The van der Waals surface area contributed by atoms with E-state index in [1.165, 1.54) is 11.7 Å². The molecule has 0 aliphatic carbocycles. The fourth-order valence-corrected chi connectivity index (χ4v) is 2.10. The van der Waals surface area contributed by atoms with Crippen LogP contribution < -0.4 is 5.73 Å². The first-order chi connectivity index (χ1) is 9.88. The number of nitrogens with zero attached hydrogens (tertiary/aromatic N) is 3. The van der Waals surface area contributed by atoms with E-state index in [2.05, 4.69) is 9.97 Å². The Bertz CT molecular complexity index is 623. The highest BCUT2D eigenvalue weighted by atomic mass is 19.4. The molecule has 2 heterocycles. The van der Waals surface area contributed by atoms with E-state index in [9.17, 15) is 13.2 Å². The zero-order chi connectivity index (χ0) is 15.6. The maximum atomic E-state index is 13.1. The molecule has 0 fully saturated rings. The molecule has 0 bridgehead atoms. The Labute approximate surface area is 118 Å². The van der Waals surface area contributed by atoms with Crippen molar-refractivity contribution < 1.29 is 23.0 Å². The van der Waals surface area contributed by atoms with Crippen LogP contribution in [0.3, 0.4) is 0 Å². The lowest BCUT2D eigenvalue weighted by Gasteiger charge is -2.12. The van der Waals surface area contributed by atoms with Gasteiger partial charge < -0.3 is 20.1 Å². The van der Waals surface area contributed by atoms with Gasteiger partial charge in [0.2, 0.25) is 0 Å². The second-order valence-electron chi connectivity index (χ2n) is 4.52. The van der Waals surface area contributed by atoms with Crippen LogP contribution in [0.2, 0.25) is 0 Å². The summed E-state index contributed by atoms with van der Waals surface area (Å²) in [6.45, 7) is 0.00104. The summed E-state index contributed by atoms with van der Waals surface area (Å²) in [7, 11) is 1.43. The molecule has 116 valence electrons. The van der Waals surface area contributed by atoms with Crippen LogP contribution in [0.15, 0.2) is 12.5 Å². The van der Waals surface area contributed by atoms with Gasteiger partial charge in [-0.15, -0.1) is 0 Å². The van der Waals surface area contributed by atoms with Gasteiger partial charge in [0.1, 0.15) is 17.8 Å². The number of fused-ring (bicyclic) bond motifs is 1. The summed E-state index contributed by atoms with van der Waals surface area (Å²) >= 11 is 0. The van der Waals surface area contributed by atoms with E-state index in [4.69, 9.17) is 15.6 Å². The lowest BCUT2D eigenvalue weighted by atomic mass is 10.2. The van der Waals surface area contributed by atoms with Gasteiger partial charge in [-0.25, -0.2) is 9.97 Å². The van der Waals surface area contributed by atoms with Crippen molar-refractivity contribution in [2.75, 3.05) is 19.5 Å². The molecule has 2 aromatic heterocycles. The molecule has 21 heavy (non-hydrogen) atoms. The molecule has 2 aromatic rings. The van der Waals surface area contributed by atoms with Gasteiger partial charge in [-0.05, 0) is 6.42 Å². The summed E-state index contributed by atoms with van der Waals surface area (Å²) in [6, 6.07) is 0. The average molecular weight is 304 g/mol. The largest absolute Gasteiger partial charge is 0.418 e. The minimum absolute atomic E-state index is 0.114. The summed E-state index contributed by atoms with van der Waals surface area (Å²) in [5, 5.41) is 8.83. The molecule has 1 atom stereocenters. The summed E-state index contributed by atoms with van der Waals surface area (Å²) in [6.07, 6.45) is -2.57. The lowest BCUT2D eigenvalue weighted by molar-refractivity contribution is -0.136. The smallest absolute Gasteiger partial charge is 0.394 e. The third-order valence-electron chi connectivity index (χ3n) is 3.22. The molecule has 2 rings (SSSR count). The van der Waals surface area contributed by atoms with E-state index < -0.39 is 17.8 Å². The highest BCUT2D eigenvalue weighted by Crippen LogP contribution is 2.37. The number of alkyl halides is 3. The van der Waals surface area contributed by atoms with Crippen molar-refractivity contribution in [3.05, 3.63) is 18.1 Å². The second kappa shape index (κ2) is 5.86. The van der Waals surface area contributed by atoms with Gasteiger partial charge in [0.25, 0.3) is 0 Å². The summed E-state index contributed by atoms with van der Waals surface area (Å²) in [5.74, 6) is -0.212. The molecule has 6 nitrogen and oxygen atoms in total. The van der Waals surface area contributed by atoms with Crippen LogP contribution >= 0.6 is 0 Å². The molecule has 0 spiro atoms. The monoisotopic (exact) mass is 304 g/mol. The molecule has 1 unspecified atom stereocenters. The Hall–Kier alpha value is -1.87. The maximum Gasteiger partial charge on any atom is 0.418 e. The van der Waals surface area contributed by atoms with E-state index in [1.54, 1.807) is 0 Å². The van der Waals surface area contributed by atoms with Gasteiger partial charge in [-0.1, -0.05) is 0 Å². The molecule has 0 aliphatic heterocycles. The summed E-state index contributed by atoms with van der Waals surface area (Å²) < 4.78 is 45.5. The van der Waals surface area contributed by atoms with Crippen LogP contribution in [0.4, 0.5) is 19.0 Å². The minimum atomic E-state index is -4.54. The summed E-state index contributed by atoms with van der Waals surface area (Å²) in [5.41, 5.74) is 4.79. The van der Waals surface area contributed by atoms with Crippen LogP contribution in [0.5, 0.6) is 0 Å². The number of aliphatic hydroxyl groups is 1. The number of nitrogens with two attached hydrogens (primary N) is 1. The average Bonchev–Trinajstić information content (AvgIpc) is 2.80. The van der Waals surface area contributed by atoms with Crippen molar-refractivity contribution >= 4 is 16.9 Å². The van der Waals surface area contributed by atoms with E-state index in [0.29, 0.717) is 6.42 Å². The minimum Gasteiger partial charge on any atom is -0.394 e. The van der Waals surface area contributed by atoms with Crippen molar-refractivity contribution in [2.24, 2.45) is 0 Å². The first kappa shape index (κ1) is 15.5. The van der Waals surface area contributed by atoms with Crippen LogP contribution in [0, 0.1) is 0 Å². The number of methoxy groups -OCH3 is 1. The maximum absolute atomic E-state index is 13.1. The van der Waals surface area contributed by atoms with E-state index in [1.807, 2.05) is 0 Å². The van der Waals surface area contributed by atoms with Gasteiger partial charge in [0, 0.05) is 19.9 Å². The Morgan fingerprint density at radius 2 is 2.14 bits per heavy atom. The van der Waals surface area contributed by atoms with Crippen LogP contribution in [-0.4, -0.2) is 39.5 Å². The third kappa shape index (κ3) is 3.08. The third-order valence-corrected chi connectivity index (χ3v) is 3.22. The Kier molecular flexibility index (Phi) is 4.33. The number of rotatable bonds is 5. The van der Waals surface area contributed by atoms with Crippen molar-refractivity contribution in [2.45, 2.75) is 25.2 Å². The molecule has 0 saturated heterocycles. The van der Waals surface area contributed by atoms with Crippen molar-refractivity contribution in [3.8, 4) is 0 Å². The predicted octanol–water partition coefficient (Wildman–Crippen LogP) is 1.43. The number of hydrogen-bond donors (Lipinski definition) is 2.